The predicted octanol–water partition coefficient (Wildman–Crippen LogP) is 2.28. The molecule has 1 aliphatic carbocycles. The van der Waals surface area contributed by atoms with Crippen molar-refractivity contribution < 1.29 is 22.6 Å². The zero-order valence-electron chi connectivity index (χ0n) is 14.4. The average Bonchev–Trinajstić information content (AvgIpc) is 3.18. The van der Waals surface area contributed by atoms with Gasteiger partial charge >= 0.3 is 0 Å². The van der Waals surface area contributed by atoms with Gasteiger partial charge in [-0.15, -0.1) is 0 Å². The van der Waals surface area contributed by atoms with Crippen LogP contribution in [0.4, 0.5) is 0 Å². The maximum absolute atomic E-state index is 12.7. The van der Waals surface area contributed by atoms with E-state index in [4.69, 9.17) is 14.2 Å². The van der Waals surface area contributed by atoms with Crippen LogP contribution in [0.25, 0.3) is 0 Å². The normalized spacial score (nSPS) is 23.0. The standard InChI is InChI=1S/C17H25NO5S/c1-12-8-15(21-3)16(9-13(12)2)24(19,20)18-10-14-11-22-17(23-14)6-4-5-7-17/h8-9,14,18H,4-7,10-11H2,1-3H3/t14-/m1/s1. The zero-order chi connectivity index (χ0) is 17.4. The third-order valence-electron chi connectivity index (χ3n) is 4.85. The van der Waals surface area contributed by atoms with Crippen molar-refractivity contribution in [2.75, 3.05) is 20.3 Å². The summed E-state index contributed by atoms with van der Waals surface area (Å²) in [5.41, 5.74) is 1.89. The Kier molecular flexibility index (Phi) is 4.88. The quantitative estimate of drug-likeness (QED) is 0.877. The average molecular weight is 355 g/mol. The molecule has 1 N–H and O–H groups in total. The fraction of sp³-hybridized carbons (Fsp3) is 0.647. The molecular formula is C17H25NO5S. The van der Waals surface area contributed by atoms with Crippen LogP contribution in [0.1, 0.15) is 36.8 Å². The van der Waals surface area contributed by atoms with Gasteiger partial charge in [-0.1, -0.05) is 0 Å². The third kappa shape index (κ3) is 3.44. The highest BCUT2D eigenvalue weighted by atomic mass is 32.2. The second-order valence-corrected chi connectivity index (χ2v) is 8.34. The molecule has 2 fully saturated rings. The van der Waals surface area contributed by atoms with Crippen LogP contribution in [0.2, 0.25) is 0 Å². The van der Waals surface area contributed by atoms with Crippen molar-refractivity contribution in [1.29, 1.82) is 0 Å². The highest BCUT2D eigenvalue weighted by molar-refractivity contribution is 7.89. The minimum Gasteiger partial charge on any atom is -0.495 e. The van der Waals surface area contributed by atoms with Gasteiger partial charge in [0.25, 0.3) is 0 Å². The highest BCUT2D eigenvalue weighted by Gasteiger charge is 2.43. The van der Waals surface area contributed by atoms with Crippen molar-refractivity contribution in [2.45, 2.75) is 56.3 Å². The van der Waals surface area contributed by atoms with E-state index >= 15 is 0 Å². The second-order valence-electron chi connectivity index (χ2n) is 6.61. The minimum atomic E-state index is -3.68. The van der Waals surface area contributed by atoms with Crippen LogP contribution in [-0.4, -0.2) is 40.6 Å². The molecule has 0 aromatic heterocycles. The molecule has 3 rings (SSSR count). The Morgan fingerprint density at radius 3 is 2.58 bits per heavy atom. The first-order valence-electron chi connectivity index (χ1n) is 8.32. The maximum Gasteiger partial charge on any atom is 0.244 e. The first-order chi connectivity index (χ1) is 11.4. The van der Waals surface area contributed by atoms with Crippen LogP contribution >= 0.6 is 0 Å². The van der Waals surface area contributed by atoms with Gasteiger partial charge in [-0.25, -0.2) is 13.1 Å². The lowest BCUT2D eigenvalue weighted by atomic mass is 10.1. The van der Waals surface area contributed by atoms with E-state index in [9.17, 15) is 8.42 Å². The van der Waals surface area contributed by atoms with Crippen LogP contribution in [0.15, 0.2) is 17.0 Å². The Morgan fingerprint density at radius 1 is 1.25 bits per heavy atom. The smallest absolute Gasteiger partial charge is 0.244 e. The van der Waals surface area contributed by atoms with Gasteiger partial charge in [-0.2, -0.15) is 0 Å². The van der Waals surface area contributed by atoms with Gasteiger partial charge in [0.1, 0.15) is 10.6 Å². The van der Waals surface area contributed by atoms with E-state index in [-0.39, 0.29) is 17.5 Å². The summed E-state index contributed by atoms with van der Waals surface area (Å²) in [6, 6.07) is 3.38. The first kappa shape index (κ1) is 17.7. The molecule has 2 aliphatic rings. The topological polar surface area (TPSA) is 73.9 Å². The van der Waals surface area contributed by atoms with Gasteiger partial charge < -0.3 is 14.2 Å². The van der Waals surface area contributed by atoms with Crippen LogP contribution in [0.3, 0.4) is 0 Å². The molecule has 1 saturated carbocycles. The summed E-state index contributed by atoms with van der Waals surface area (Å²) >= 11 is 0. The largest absolute Gasteiger partial charge is 0.495 e. The van der Waals surface area contributed by atoms with Crippen LogP contribution in [0.5, 0.6) is 5.75 Å². The fourth-order valence-corrected chi connectivity index (χ4v) is 4.61. The molecule has 1 aromatic carbocycles. The molecule has 134 valence electrons. The molecule has 0 radical (unpaired) electrons. The van der Waals surface area contributed by atoms with E-state index in [0.717, 1.165) is 36.8 Å². The highest BCUT2D eigenvalue weighted by Crippen LogP contribution is 2.39. The molecule has 1 atom stereocenters. The monoisotopic (exact) mass is 355 g/mol. The van der Waals surface area contributed by atoms with Crippen molar-refractivity contribution >= 4 is 10.0 Å². The SMILES string of the molecule is COc1cc(C)c(C)cc1S(=O)(=O)NC[C@@H]1COC2(CCCC2)O1. The molecule has 6 nitrogen and oxygen atoms in total. The molecule has 0 unspecified atom stereocenters. The first-order valence-corrected chi connectivity index (χ1v) is 9.80. The van der Waals surface area contributed by atoms with Crippen molar-refractivity contribution in [3.63, 3.8) is 0 Å². The number of hydrogen-bond acceptors (Lipinski definition) is 5. The van der Waals surface area contributed by atoms with E-state index in [0.29, 0.717) is 12.4 Å². The molecule has 1 aromatic rings. The minimum absolute atomic E-state index is 0.155. The van der Waals surface area contributed by atoms with E-state index < -0.39 is 15.8 Å². The number of methoxy groups -OCH3 is 1. The number of hydrogen-bond donors (Lipinski definition) is 1. The Balaban J connectivity index is 1.70. The number of aryl methyl sites for hydroxylation is 2. The predicted molar refractivity (Wildman–Crippen MR) is 89.7 cm³/mol. The van der Waals surface area contributed by atoms with Crippen molar-refractivity contribution in [3.05, 3.63) is 23.3 Å². The second kappa shape index (κ2) is 6.63. The number of benzene rings is 1. The third-order valence-corrected chi connectivity index (χ3v) is 6.29. The van der Waals surface area contributed by atoms with Gasteiger partial charge in [0.15, 0.2) is 5.79 Å². The van der Waals surface area contributed by atoms with E-state index in [2.05, 4.69) is 4.72 Å². The molecule has 1 saturated heterocycles. The number of ether oxygens (including phenoxy) is 3. The van der Waals surface area contributed by atoms with Gasteiger partial charge in [0, 0.05) is 19.4 Å². The van der Waals surface area contributed by atoms with E-state index in [1.165, 1.54) is 7.11 Å². The van der Waals surface area contributed by atoms with Gasteiger partial charge in [0.05, 0.1) is 19.8 Å². The number of sulfonamides is 1. The molecule has 0 bridgehead atoms. The summed E-state index contributed by atoms with van der Waals surface area (Å²) in [6.07, 6.45) is 3.72. The lowest BCUT2D eigenvalue weighted by Crippen LogP contribution is -2.35. The summed E-state index contributed by atoms with van der Waals surface area (Å²) < 4.78 is 44.9. The molecule has 0 amide bonds. The van der Waals surface area contributed by atoms with Crippen LogP contribution in [0, 0.1) is 13.8 Å². The Hall–Kier alpha value is -1.15. The van der Waals surface area contributed by atoms with Crippen molar-refractivity contribution in [1.82, 2.24) is 4.72 Å². The van der Waals surface area contributed by atoms with E-state index in [1.807, 2.05) is 13.8 Å². The van der Waals surface area contributed by atoms with Gasteiger partial charge in [-0.3, -0.25) is 0 Å². The summed E-state index contributed by atoms with van der Waals surface area (Å²) in [4.78, 5) is 0.155. The Morgan fingerprint density at radius 2 is 1.92 bits per heavy atom. The van der Waals surface area contributed by atoms with Crippen molar-refractivity contribution in [2.24, 2.45) is 0 Å². The van der Waals surface area contributed by atoms with Crippen LogP contribution < -0.4 is 9.46 Å². The molecule has 1 spiro atoms. The lowest BCUT2D eigenvalue weighted by molar-refractivity contribution is -0.160. The summed E-state index contributed by atoms with van der Waals surface area (Å²) in [6.45, 7) is 4.42. The van der Waals surface area contributed by atoms with Crippen molar-refractivity contribution in [3.8, 4) is 5.75 Å². The van der Waals surface area contributed by atoms with Gasteiger partial charge in [-0.05, 0) is 49.9 Å². The molecule has 1 heterocycles. The molecule has 24 heavy (non-hydrogen) atoms. The number of rotatable bonds is 5. The Bertz CT molecular complexity index is 710. The summed E-state index contributed by atoms with van der Waals surface area (Å²) in [5.74, 6) is -0.129. The fourth-order valence-electron chi connectivity index (χ4n) is 3.31. The zero-order valence-corrected chi connectivity index (χ0v) is 15.2. The molecule has 1 aliphatic heterocycles. The van der Waals surface area contributed by atoms with Gasteiger partial charge in [0.2, 0.25) is 10.0 Å². The molecular weight excluding hydrogens is 330 g/mol. The summed E-state index contributed by atoms with van der Waals surface area (Å²) in [5, 5.41) is 0. The number of nitrogens with one attached hydrogen (secondary N) is 1. The Labute approximate surface area is 143 Å². The van der Waals surface area contributed by atoms with E-state index in [1.54, 1.807) is 12.1 Å². The summed E-state index contributed by atoms with van der Waals surface area (Å²) in [7, 11) is -2.20. The molecule has 7 heteroatoms. The maximum atomic E-state index is 12.7. The lowest BCUT2D eigenvalue weighted by Gasteiger charge is -2.22. The van der Waals surface area contributed by atoms with Crippen LogP contribution in [-0.2, 0) is 19.5 Å².